The molecule has 1 rings (SSSR count). The second-order valence-electron chi connectivity index (χ2n) is 5.22. The summed E-state index contributed by atoms with van der Waals surface area (Å²) in [5.74, 6) is -0.113. The van der Waals surface area contributed by atoms with Gasteiger partial charge in [-0.1, -0.05) is 12.1 Å². The van der Waals surface area contributed by atoms with Crippen molar-refractivity contribution >= 4 is 23.4 Å². The molecule has 5 nitrogen and oxygen atoms in total. The molecule has 0 saturated carbocycles. The highest BCUT2D eigenvalue weighted by molar-refractivity contribution is 5.98. The molecule has 2 amide bonds. The summed E-state index contributed by atoms with van der Waals surface area (Å²) in [5, 5.41) is 2.65. The molecular formula is C14H20N2O3. The van der Waals surface area contributed by atoms with Gasteiger partial charge in [-0.25, -0.2) is 4.79 Å². The van der Waals surface area contributed by atoms with Crippen molar-refractivity contribution in [3.05, 3.63) is 24.3 Å². The number of nitrogens with zero attached hydrogens (tertiary/aromatic N) is 1. The topological polar surface area (TPSA) is 58.6 Å². The Morgan fingerprint density at radius 2 is 1.79 bits per heavy atom. The zero-order valence-electron chi connectivity index (χ0n) is 12.0. The van der Waals surface area contributed by atoms with E-state index < -0.39 is 11.7 Å². The Balaban J connectivity index is 2.90. The predicted octanol–water partition coefficient (Wildman–Crippen LogP) is 3.02. The molecule has 0 bridgehead atoms. The Kier molecular flexibility index (Phi) is 4.53. The number of nitrogens with one attached hydrogen (secondary N) is 1. The molecule has 1 aromatic rings. The number of benzene rings is 1. The van der Waals surface area contributed by atoms with E-state index in [4.69, 9.17) is 4.74 Å². The van der Waals surface area contributed by atoms with Crippen LogP contribution in [-0.2, 0) is 9.53 Å². The van der Waals surface area contributed by atoms with Gasteiger partial charge in [0, 0.05) is 14.0 Å². The Hall–Kier alpha value is -2.04. The van der Waals surface area contributed by atoms with E-state index in [9.17, 15) is 9.59 Å². The third kappa shape index (κ3) is 4.62. The molecule has 1 N–H and O–H groups in total. The molecule has 19 heavy (non-hydrogen) atoms. The lowest BCUT2D eigenvalue weighted by Gasteiger charge is -2.22. The maximum absolute atomic E-state index is 11.7. The van der Waals surface area contributed by atoms with Gasteiger partial charge in [0.15, 0.2) is 0 Å². The molecule has 0 spiro atoms. The van der Waals surface area contributed by atoms with E-state index in [0.29, 0.717) is 11.4 Å². The van der Waals surface area contributed by atoms with Crippen LogP contribution in [0.2, 0.25) is 0 Å². The lowest BCUT2D eigenvalue weighted by molar-refractivity contribution is -0.116. The van der Waals surface area contributed by atoms with Gasteiger partial charge in [0.2, 0.25) is 5.91 Å². The van der Waals surface area contributed by atoms with E-state index in [1.54, 1.807) is 52.1 Å². The van der Waals surface area contributed by atoms with E-state index in [1.165, 1.54) is 11.8 Å². The van der Waals surface area contributed by atoms with E-state index >= 15 is 0 Å². The fourth-order valence-corrected chi connectivity index (χ4v) is 1.46. The van der Waals surface area contributed by atoms with Gasteiger partial charge in [-0.15, -0.1) is 0 Å². The van der Waals surface area contributed by atoms with E-state index in [1.807, 2.05) is 0 Å². The standard InChI is InChI=1S/C14H20N2O3/c1-10(17)16(5)12-9-7-6-8-11(12)15-13(18)19-14(2,3)4/h6-9H,1-5H3,(H,15,18). The SMILES string of the molecule is CC(=O)N(C)c1ccccc1NC(=O)OC(C)(C)C. The summed E-state index contributed by atoms with van der Waals surface area (Å²) in [7, 11) is 1.65. The molecule has 0 aliphatic rings. The predicted molar refractivity (Wildman–Crippen MR) is 75.4 cm³/mol. The molecule has 0 radical (unpaired) electrons. The Morgan fingerprint density at radius 1 is 1.21 bits per heavy atom. The Labute approximate surface area is 113 Å². The van der Waals surface area contributed by atoms with Crippen molar-refractivity contribution < 1.29 is 14.3 Å². The first-order valence-corrected chi connectivity index (χ1v) is 6.04. The minimum Gasteiger partial charge on any atom is -0.444 e. The minimum atomic E-state index is -0.564. The molecule has 0 aliphatic heterocycles. The van der Waals surface area contributed by atoms with Crippen LogP contribution in [0.25, 0.3) is 0 Å². The molecule has 0 atom stereocenters. The average Bonchev–Trinajstić information content (AvgIpc) is 2.26. The normalized spacial score (nSPS) is 10.8. The Morgan fingerprint density at radius 3 is 2.32 bits per heavy atom. The second kappa shape index (κ2) is 5.73. The molecule has 104 valence electrons. The fourth-order valence-electron chi connectivity index (χ4n) is 1.46. The van der Waals surface area contributed by atoms with Crippen molar-refractivity contribution in [3.63, 3.8) is 0 Å². The lowest BCUT2D eigenvalue weighted by Crippen LogP contribution is -2.29. The van der Waals surface area contributed by atoms with Crippen molar-refractivity contribution in [2.24, 2.45) is 0 Å². The van der Waals surface area contributed by atoms with Crippen LogP contribution in [-0.4, -0.2) is 24.6 Å². The number of amides is 2. The molecule has 0 aromatic heterocycles. The van der Waals surface area contributed by atoms with Gasteiger partial charge in [-0.3, -0.25) is 10.1 Å². The Bertz CT molecular complexity index is 478. The number of carbonyl (C=O) groups is 2. The summed E-state index contributed by atoms with van der Waals surface area (Å²) >= 11 is 0. The maximum Gasteiger partial charge on any atom is 0.412 e. The highest BCUT2D eigenvalue weighted by Gasteiger charge is 2.18. The minimum absolute atomic E-state index is 0.113. The molecule has 0 heterocycles. The van der Waals surface area contributed by atoms with Crippen molar-refractivity contribution in [1.29, 1.82) is 0 Å². The van der Waals surface area contributed by atoms with E-state index in [-0.39, 0.29) is 5.91 Å². The summed E-state index contributed by atoms with van der Waals surface area (Å²) in [5.41, 5.74) is 0.598. The second-order valence-corrected chi connectivity index (χ2v) is 5.22. The molecular weight excluding hydrogens is 244 g/mol. The smallest absolute Gasteiger partial charge is 0.412 e. The number of carbonyl (C=O) groups excluding carboxylic acids is 2. The van der Waals surface area contributed by atoms with E-state index in [0.717, 1.165) is 0 Å². The van der Waals surface area contributed by atoms with Crippen LogP contribution in [0, 0.1) is 0 Å². The molecule has 0 saturated heterocycles. The first kappa shape index (κ1) is 15.0. The number of ether oxygens (including phenoxy) is 1. The summed E-state index contributed by atoms with van der Waals surface area (Å²) in [6, 6.07) is 7.06. The number of hydrogen-bond donors (Lipinski definition) is 1. The average molecular weight is 264 g/mol. The summed E-state index contributed by atoms with van der Waals surface area (Å²) < 4.78 is 5.18. The van der Waals surface area contributed by atoms with Crippen LogP contribution in [0.4, 0.5) is 16.2 Å². The van der Waals surface area contributed by atoms with Gasteiger partial charge in [-0.05, 0) is 32.9 Å². The van der Waals surface area contributed by atoms with Crippen LogP contribution in [0.1, 0.15) is 27.7 Å². The van der Waals surface area contributed by atoms with Crippen LogP contribution >= 0.6 is 0 Å². The van der Waals surface area contributed by atoms with Gasteiger partial charge in [0.25, 0.3) is 0 Å². The maximum atomic E-state index is 11.7. The van der Waals surface area contributed by atoms with Gasteiger partial charge < -0.3 is 9.64 Å². The fraction of sp³-hybridized carbons (Fsp3) is 0.429. The van der Waals surface area contributed by atoms with Gasteiger partial charge in [-0.2, -0.15) is 0 Å². The van der Waals surface area contributed by atoms with Crippen LogP contribution < -0.4 is 10.2 Å². The third-order valence-electron chi connectivity index (χ3n) is 2.37. The molecule has 0 unspecified atom stereocenters. The zero-order valence-corrected chi connectivity index (χ0v) is 12.0. The number of anilines is 2. The van der Waals surface area contributed by atoms with Crippen LogP contribution in [0.15, 0.2) is 24.3 Å². The zero-order chi connectivity index (χ0) is 14.6. The highest BCUT2D eigenvalue weighted by Crippen LogP contribution is 2.25. The first-order valence-electron chi connectivity index (χ1n) is 6.04. The molecule has 0 aliphatic carbocycles. The monoisotopic (exact) mass is 264 g/mol. The largest absolute Gasteiger partial charge is 0.444 e. The van der Waals surface area contributed by atoms with Crippen LogP contribution in [0.3, 0.4) is 0 Å². The van der Waals surface area contributed by atoms with Crippen molar-refractivity contribution in [2.45, 2.75) is 33.3 Å². The van der Waals surface area contributed by atoms with Crippen molar-refractivity contribution in [1.82, 2.24) is 0 Å². The summed E-state index contributed by atoms with van der Waals surface area (Å²) in [6.07, 6.45) is -0.545. The highest BCUT2D eigenvalue weighted by atomic mass is 16.6. The number of hydrogen-bond acceptors (Lipinski definition) is 3. The molecule has 5 heteroatoms. The van der Waals surface area contributed by atoms with Gasteiger partial charge in [0.05, 0.1) is 11.4 Å². The van der Waals surface area contributed by atoms with Crippen molar-refractivity contribution in [2.75, 3.05) is 17.3 Å². The van der Waals surface area contributed by atoms with Gasteiger partial charge in [0.1, 0.15) is 5.60 Å². The molecule has 0 fully saturated rings. The quantitative estimate of drug-likeness (QED) is 0.893. The third-order valence-corrected chi connectivity index (χ3v) is 2.37. The van der Waals surface area contributed by atoms with Gasteiger partial charge >= 0.3 is 6.09 Å². The number of para-hydroxylation sites is 2. The van der Waals surface area contributed by atoms with Crippen LogP contribution in [0.5, 0.6) is 0 Å². The first-order chi connectivity index (χ1) is 8.70. The summed E-state index contributed by atoms with van der Waals surface area (Å²) in [4.78, 5) is 24.6. The van der Waals surface area contributed by atoms with E-state index in [2.05, 4.69) is 5.32 Å². The molecule has 1 aromatic carbocycles. The lowest BCUT2D eigenvalue weighted by atomic mass is 10.2. The van der Waals surface area contributed by atoms with Crippen molar-refractivity contribution in [3.8, 4) is 0 Å². The summed E-state index contributed by atoms with van der Waals surface area (Å²) in [6.45, 7) is 6.84. The number of rotatable bonds is 2.